The maximum atomic E-state index is 5.87. The Morgan fingerprint density at radius 3 is 2.65 bits per heavy atom. The Balaban J connectivity index is 1.76. The van der Waals surface area contributed by atoms with Gasteiger partial charge in [0.1, 0.15) is 0 Å². The quantitative estimate of drug-likeness (QED) is 0.672. The van der Waals surface area contributed by atoms with Gasteiger partial charge < -0.3 is 19.7 Å². The molecule has 0 aliphatic carbocycles. The second-order valence-corrected chi connectivity index (χ2v) is 6.24. The van der Waals surface area contributed by atoms with Gasteiger partial charge in [0.25, 0.3) is 0 Å². The van der Waals surface area contributed by atoms with Crippen LogP contribution in [0.1, 0.15) is 38.2 Å². The monoisotopic (exact) mass is 320 g/mol. The summed E-state index contributed by atoms with van der Waals surface area (Å²) in [5.74, 6) is 1.73. The van der Waals surface area contributed by atoms with Crippen molar-refractivity contribution in [3.05, 3.63) is 23.8 Å². The van der Waals surface area contributed by atoms with E-state index in [-0.39, 0.29) is 0 Å². The van der Waals surface area contributed by atoms with Crippen molar-refractivity contribution in [2.45, 2.75) is 39.0 Å². The summed E-state index contributed by atoms with van der Waals surface area (Å²) in [6.45, 7) is 8.82. The van der Waals surface area contributed by atoms with Gasteiger partial charge in [0, 0.05) is 26.2 Å². The van der Waals surface area contributed by atoms with E-state index in [1.807, 2.05) is 6.07 Å². The van der Waals surface area contributed by atoms with E-state index in [4.69, 9.17) is 9.47 Å². The van der Waals surface area contributed by atoms with E-state index < -0.39 is 0 Å². The summed E-state index contributed by atoms with van der Waals surface area (Å²) in [6.07, 6.45) is 5.83. The van der Waals surface area contributed by atoms with Crippen molar-refractivity contribution >= 4 is 0 Å². The van der Waals surface area contributed by atoms with Crippen molar-refractivity contribution < 1.29 is 9.47 Å². The van der Waals surface area contributed by atoms with Crippen molar-refractivity contribution in [2.24, 2.45) is 0 Å². The maximum absolute atomic E-state index is 5.87. The Bertz CT molecular complexity index is 445. The minimum absolute atomic E-state index is 0.763. The van der Waals surface area contributed by atoms with Crippen molar-refractivity contribution in [1.82, 2.24) is 10.2 Å². The Hall–Kier alpha value is -1.26. The largest absolute Gasteiger partial charge is 0.493 e. The minimum atomic E-state index is 0.763. The second kappa shape index (κ2) is 10.5. The number of aryl methyl sites for hydroxylation is 1. The van der Waals surface area contributed by atoms with Crippen LogP contribution in [0, 0.1) is 0 Å². The number of nitrogens with zero attached hydrogens (tertiary/aromatic N) is 1. The lowest BCUT2D eigenvalue weighted by Crippen LogP contribution is -2.43. The number of nitrogens with one attached hydrogen (secondary N) is 1. The maximum Gasteiger partial charge on any atom is 0.161 e. The van der Waals surface area contributed by atoms with Gasteiger partial charge in [-0.3, -0.25) is 0 Å². The van der Waals surface area contributed by atoms with Gasteiger partial charge in [-0.25, -0.2) is 0 Å². The molecule has 0 unspecified atom stereocenters. The summed E-state index contributed by atoms with van der Waals surface area (Å²) in [7, 11) is 1.70. The zero-order valence-corrected chi connectivity index (χ0v) is 14.8. The minimum Gasteiger partial charge on any atom is -0.493 e. The first-order valence-corrected chi connectivity index (χ1v) is 9.06. The average molecular weight is 320 g/mol. The van der Waals surface area contributed by atoms with Crippen LogP contribution in [0.3, 0.4) is 0 Å². The van der Waals surface area contributed by atoms with E-state index in [1.54, 1.807) is 7.11 Å². The van der Waals surface area contributed by atoms with E-state index in [1.165, 1.54) is 38.0 Å². The molecule has 0 atom stereocenters. The van der Waals surface area contributed by atoms with Gasteiger partial charge in [0.05, 0.1) is 13.7 Å². The number of unbranched alkanes of at least 4 members (excludes halogenated alkanes) is 2. The van der Waals surface area contributed by atoms with E-state index in [0.717, 1.165) is 50.5 Å². The molecule has 1 aliphatic heterocycles. The van der Waals surface area contributed by atoms with Crippen LogP contribution >= 0.6 is 0 Å². The molecule has 0 saturated carbocycles. The number of methoxy groups -OCH3 is 1. The summed E-state index contributed by atoms with van der Waals surface area (Å²) >= 11 is 0. The van der Waals surface area contributed by atoms with Crippen LogP contribution in [0.2, 0.25) is 0 Å². The fourth-order valence-electron chi connectivity index (χ4n) is 2.92. The number of ether oxygens (including phenoxy) is 2. The van der Waals surface area contributed by atoms with Crippen LogP contribution in [-0.4, -0.2) is 51.3 Å². The van der Waals surface area contributed by atoms with Gasteiger partial charge >= 0.3 is 0 Å². The first kappa shape index (κ1) is 18.1. The van der Waals surface area contributed by atoms with E-state index >= 15 is 0 Å². The summed E-state index contributed by atoms with van der Waals surface area (Å²) in [6, 6.07) is 6.35. The van der Waals surface area contributed by atoms with Crippen LogP contribution in [0.4, 0.5) is 0 Å². The van der Waals surface area contributed by atoms with Crippen molar-refractivity contribution in [1.29, 1.82) is 0 Å². The number of benzene rings is 1. The smallest absolute Gasteiger partial charge is 0.161 e. The van der Waals surface area contributed by atoms with Crippen LogP contribution in [-0.2, 0) is 6.42 Å². The lowest BCUT2D eigenvalue weighted by Gasteiger charge is -2.27. The number of piperazine rings is 1. The van der Waals surface area contributed by atoms with Gasteiger partial charge in [0.2, 0.25) is 0 Å². The Morgan fingerprint density at radius 1 is 1.09 bits per heavy atom. The molecule has 0 bridgehead atoms. The molecule has 1 saturated heterocycles. The van der Waals surface area contributed by atoms with Crippen LogP contribution < -0.4 is 14.8 Å². The molecule has 0 radical (unpaired) electrons. The molecule has 23 heavy (non-hydrogen) atoms. The second-order valence-electron chi connectivity index (χ2n) is 6.24. The highest BCUT2D eigenvalue weighted by Crippen LogP contribution is 2.28. The molecule has 0 amide bonds. The third-order valence-electron chi connectivity index (χ3n) is 4.38. The van der Waals surface area contributed by atoms with E-state index in [2.05, 4.69) is 29.3 Å². The average Bonchev–Trinajstić information content (AvgIpc) is 2.60. The van der Waals surface area contributed by atoms with Crippen LogP contribution in [0.5, 0.6) is 11.5 Å². The van der Waals surface area contributed by atoms with Crippen molar-refractivity contribution in [2.75, 3.05) is 46.4 Å². The Labute approximate surface area is 141 Å². The summed E-state index contributed by atoms with van der Waals surface area (Å²) < 4.78 is 11.3. The topological polar surface area (TPSA) is 33.7 Å². The van der Waals surface area contributed by atoms with Gasteiger partial charge in [-0.1, -0.05) is 19.4 Å². The molecule has 4 heteroatoms. The Kier molecular flexibility index (Phi) is 8.26. The molecule has 1 aromatic rings. The molecular weight excluding hydrogens is 288 g/mol. The molecule has 1 heterocycles. The van der Waals surface area contributed by atoms with Crippen LogP contribution in [0.15, 0.2) is 18.2 Å². The number of hydrogen-bond acceptors (Lipinski definition) is 4. The molecule has 1 N–H and O–H groups in total. The third-order valence-corrected chi connectivity index (χ3v) is 4.38. The summed E-state index contributed by atoms with van der Waals surface area (Å²) in [5, 5.41) is 3.40. The standard InChI is InChI=1S/C19H32N2O2/c1-3-4-15-23-19-16-17(8-9-18(19)22-2)7-5-6-12-21-13-10-20-11-14-21/h8-9,16,20H,3-7,10-15H2,1-2H3. The zero-order chi connectivity index (χ0) is 16.3. The number of rotatable bonds is 10. The highest BCUT2D eigenvalue weighted by Gasteiger charge is 2.09. The normalized spacial score (nSPS) is 15.6. The summed E-state index contributed by atoms with van der Waals surface area (Å²) in [4.78, 5) is 2.56. The lowest BCUT2D eigenvalue weighted by molar-refractivity contribution is 0.237. The van der Waals surface area contributed by atoms with Crippen molar-refractivity contribution in [3.63, 3.8) is 0 Å². The molecule has 2 rings (SSSR count). The van der Waals surface area contributed by atoms with Gasteiger partial charge in [-0.2, -0.15) is 0 Å². The number of hydrogen-bond donors (Lipinski definition) is 1. The van der Waals surface area contributed by atoms with Crippen molar-refractivity contribution in [3.8, 4) is 11.5 Å². The fraction of sp³-hybridized carbons (Fsp3) is 0.684. The zero-order valence-electron chi connectivity index (χ0n) is 14.8. The molecule has 0 spiro atoms. The first-order chi connectivity index (χ1) is 11.3. The Morgan fingerprint density at radius 2 is 1.91 bits per heavy atom. The summed E-state index contributed by atoms with van der Waals surface area (Å²) in [5.41, 5.74) is 1.35. The van der Waals surface area contributed by atoms with E-state index in [0.29, 0.717) is 0 Å². The van der Waals surface area contributed by atoms with Gasteiger partial charge in [-0.05, 0) is 49.9 Å². The predicted octanol–water partition coefficient (Wildman–Crippen LogP) is 3.10. The molecule has 1 aromatic carbocycles. The molecule has 0 aromatic heterocycles. The third kappa shape index (κ3) is 6.40. The molecule has 130 valence electrons. The molecule has 4 nitrogen and oxygen atoms in total. The predicted molar refractivity (Wildman–Crippen MR) is 95.6 cm³/mol. The lowest BCUT2D eigenvalue weighted by atomic mass is 10.1. The highest BCUT2D eigenvalue weighted by atomic mass is 16.5. The highest BCUT2D eigenvalue weighted by molar-refractivity contribution is 5.43. The molecule has 1 aliphatic rings. The fourth-order valence-corrected chi connectivity index (χ4v) is 2.92. The van der Waals surface area contributed by atoms with Gasteiger partial charge in [-0.15, -0.1) is 0 Å². The first-order valence-electron chi connectivity index (χ1n) is 9.06. The SMILES string of the molecule is CCCCOc1cc(CCCCN2CCNCC2)ccc1OC. The van der Waals surface area contributed by atoms with E-state index in [9.17, 15) is 0 Å². The molecule has 1 fully saturated rings. The molecular formula is C19H32N2O2. The van der Waals surface area contributed by atoms with Gasteiger partial charge in [0.15, 0.2) is 11.5 Å². The van der Waals surface area contributed by atoms with Crippen LogP contribution in [0.25, 0.3) is 0 Å².